The first kappa shape index (κ1) is 39.6. The normalized spacial score (nSPS) is 33.0. The van der Waals surface area contributed by atoms with E-state index in [9.17, 15) is 14.4 Å². The first-order chi connectivity index (χ1) is 21.4. The second-order valence-electron chi connectivity index (χ2n) is 17.2. The van der Waals surface area contributed by atoms with Crippen LogP contribution in [0.2, 0.25) is 36.3 Å². The van der Waals surface area contributed by atoms with Gasteiger partial charge in [-0.05, 0) is 68.5 Å². The quantitative estimate of drug-likeness (QED) is 0.116. The van der Waals surface area contributed by atoms with Crippen molar-refractivity contribution in [1.29, 1.82) is 0 Å². The Morgan fingerprint density at radius 2 is 1.49 bits per heavy atom. The molecule has 1 heterocycles. The summed E-state index contributed by atoms with van der Waals surface area (Å²) in [5.74, 6) is -1.54. The molecule has 0 N–H and O–H groups in total. The molecule has 10 heteroatoms. The zero-order valence-electron chi connectivity index (χ0n) is 31.8. The summed E-state index contributed by atoms with van der Waals surface area (Å²) in [4.78, 5) is 44.6. The van der Waals surface area contributed by atoms with Crippen molar-refractivity contribution in [1.82, 2.24) is 5.06 Å². The van der Waals surface area contributed by atoms with E-state index in [0.29, 0.717) is 0 Å². The minimum absolute atomic E-state index is 0.0128. The van der Waals surface area contributed by atoms with Gasteiger partial charge in [0, 0.05) is 43.2 Å². The molecule has 47 heavy (non-hydrogen) atoms. The molecule has 8 nitrogen and oxygen atoms in total. The number of esters is 1. The Morgan fingerprint density at radius 3 is 2.02 bits per heavy atom. The summed E-state index contributed by atoms with van der Waals surface area (Å²) in [6.07, 6.45) is 9.09. The molecule has 3 rings (SSSR count). The third kappa shape index (κ3) is 8.66. The van der Waals surface area contributed by atoms with Crippen LogP contribution in [0.3, 0.4) is 0 Å². The van der Waals surface area contributed by atoms with E-state index < -0.39 is 34.6 Å². The van der Waals surface area contributed by atoms with Crippen molar-refractivity contribution in [3.05, 3.63) is 36.0 Å². The highest BCUT2D eigenvalue weighted by Gasteiger charge is 2.58. The van der Waals surface area contributed by atoms with Crippen LogP contribution in [0.1, 0.15) is 75.2 Å². The maximum Gasteiger partial charge on any atom is 0.330 e. The molecule has 1 saturated carbocycles. The molecule has 266 valence electrons. The van der Waals surface area contributed by atoms with Crippen LogP contribution in [0.4, 0.5) is 0 Å². The molecule has 0 aromatic heterocycles. The van der Waals surface area contributed by atoms with Crippen LogP contribution in [0.25, 0.3) is 0 Å². The molecule has 1 aliphatic heterocycles. The average molecular weight is 690 g/mol. The van der Waals surface area contributed by atoms with E-state index in [4.69, 9.17) is 18.4 Å². The summed E-state index contributed by atoms with van der Waals surface area (Å²) in [7, 11) is -1.43. The van der Waals surface area contributed by atoms with Crippen molar-refractivity contribution >= 4 is 34.3 Å². The lowest BCUT2D eigenvalue weighted by molar-refractivity contribution is -0.178. The van der Waals surface area contributed by atoms with E-state index in [0.717, 1.165) is 5.06 Å². The number of carbonyl (C=O) groups is 3. The van der Waals surface area contributed by atoms with Gasteiger partial charge in [-0.2, -0.15) is 0 Å². The summed E-state index contributed by atoms with van der Waals surface area (Å²) < 4.78 is 20.5. The smallest absolute Gasteiger partial charge is 0.330 e. The number of ether oxygens (including phenoxy) is 1. The molecule has 0 spiro atoms. The Labute approximate surface area is 286 Å². The van der Waals surface area contributed by atoms with Gasteiger partial charge >= 0.3 is 5.97 Å². The zero-order chi connectivity index (χ0) is 35.9. The van der Waals surface area contributed by atoms with Gasteiger partial charge in [0.05, 0.1) is 25.2 Å². The standard InChI is InChI=1S/C37H63NO7Si2/c1-23-22-29-32(34(45-47(14,15)37(7,8)9)25(3)33(29)44-46(12,13)36(4,5)6)28-19-21-31(40)43-30(24(2)35(41)38(10)42-11)20-17-26(39)16-18-27(23)28/h16,18-19,21-22,24-25,27-30,32-34H,17,20H2,1-15H3/b18-16+,21-19+/t24-,25+,27+,28+,29-,30+,32-,33+,34-/m1/s1. The van der Waals surface area contributed by atoms with Gasteiger partial charge in [-0.3, -0.25) is 14.4 Å². The first-order valence-corrected chi connectivity index (χ1v) is 23.2. The Balaban J connectivity index is 2.13. The number of hydroxylamine groups is 2. The molecule has 9 atom stereocenters. The summed E-state index contributed by atoms with van der Waals surface area (Å²) in [5.41, 5.74) is 1.17. The van der Waals surface area contributed by atoms with Crippen LogP contribution in [0.15, 0.2) is 36.0 Å². The zero-order valence-corrected chi connectivity index (χ0v) is 33.8. The molecule has 0 aromatic carbocycles. The third-order valence-corrected chi connectivity index (χ3v) is 20.9. The van der Waals surface area contributed by atoms with Crippen LogP contribution in [0, 0.1) is 35.5 Å². The number of allylic oxidation sites excluding steroid dienone is 4. The van der Waals surface area contributed by atoms with Crippen molar-refractivity contribution in [3.63, 3.8) is 0 Å². The molecule has 1 amide bonds. The fourth-order valence-corrected chi connectivity index (χ4v) is 9.61. The fourth-order valence-electron chi connectivity index (χ4n) is 6.80. The fraction of sp³-hybridized carbons (Fsp3) is 0.757. The summed E-state index contributed by atoms with van der Waals surface area (Å²) in [6.45, 7) is 28.9. The van der Waals surface area contributed by atoms with Gasteiger partial charge in [-0.1, -0.05) is 72.3 Å². The molecular formula is C37H63NO7Si2. The van der Waals surface area contributed by atoms with Gasteiger partial charge in [0.1, 0.15) is 6.10 Å². The molecule has 0 aromatic rings. The Kier molecular flexibility index (Phi) is 12.3. The summed E-state index contributed by atoms with van der Waals surface area (Å²) in [5, 5.41) is 1.18. The van der Waals surface area contributed by atoms with Crippen molar-refractivity contribution < 1.29 is 32.8 Å². The van der Waals surface area contributed by atoms with E-state index in [-0.39, 0.29) is 76.4 Å². The van der Waals surface area contributed by atoms with E-state index >= 15 is 0 Å². The van der Waals surface area contributed by atoms with E-state index in [1.54, 1.807) is 13.0 Å². The highest BCUT2D eigenvalue weighted by Crippen LogP contribution is 2.55. The molecule has 3 aliphatic rings. The second-order valence-corrected chi connectivity index (χ2v) is 26.7. The molecular weight excluding hydrogens is 627 g/mol. The predicted molar refractivity (Wildman–Crippen MR) is 192 cm³/mol. The van der Waals surface area contributed by atoms with Crippen molar-refractivity contribution in [3.8, 4) is 0 Å². The van der Waals surface area contributed by atoms with Crippen LogP contribution in [0.5, 0.6) is 0 Å². The summed E-state index contributed by atoms with van der Waals surface area (Å²) >= 11 is 0. The second kappa shape index (κ2) is 14.6. The summed E-state index contributed by atoms with van der Waals surface area (Å²) in [6, 6.07) is 0. The topological polar surface area (TPSA) is 91.4 Å². The van der Waals surface area contributed by atoms with E-state index in [1.165, 1.54) is 25.8 Å². The number of nitrogens with zero attached hydrogens (tertiary/aromatic N) is 1. The predicted octanol–water partition coefficient (Wildman–Crippen LogP) is 7.88. The van der Waals surface area contributed by atoms with E-state index in [2.05, 4.69) is 87.7 Å². The van der Waals surface area contributed by atoms with Crippen molar-refractivity contribution in [2.75, 3.05) is 14.2 Å². The Morgan fingerprint density at radius 1 is 0.936 bits per heavy atom. The number of hydrogen-bond donors (Lipinski definition) is 0. The first-order valence-electron chi connectivity index (χ1n) is 17.4. The lowest BCUT2D eigenvalue weighted by atomic mass is 9.67. The monoisotopic (exact) mass is 689 g/mol. The number of cyclic esters (lactones) is 1. The molecule has 1 fully saturated rings. The van der Waals surface area contributed by atoms with Gasteiger partial charge < -0.3 is 13.6 Å². The molecule has 2 aliphatic carbocycles. The SMILES string of the molecule is CON(C)C(=O)[C@H](C)[C@@H]1CCC(=O)/C=C/[C@H]2C(C)=C[C@H]3[C@@H](O[Si](C)(C)C(C)(C)C)[C@H](C)[C@@H](O[Si](C)(C)C(C)(C)C)[C@@H]3[C@H]2/C=C/C(=O)O1. The highest BCUT2D eigenvalue weighted by atomic mass is 28.4. The number of rotatable bonds is 7. The van der Waals surface area contributed by atoms with E-state index in [1.807, 2.05) is 12.2 Å². The van der Waals surface area contributed by atoms with Gasteiger partial charge in [-0.25, -0.2) is 9.86 Å². The number of carbonyl (C=O) groups excluding carboxylic acids is 3. The van der Waals surface area contributed by atoms with Crippen molar-refractivity contribution in [2.24, 2.45) is 35.5 Å². The Hall–Kier alpha value is -1.86. The third-order valence-electron chi connectivity index (χ3n) is 12.0. The highest BCUT2D eigenvalue weighted by molar-refractivity contribution is 6.74. The van der Waals surface area contributed by atoms with Gasteiger partial charge in [0.15, 0.2) is 22.4 Å². The minimum Gasteiger partial charge on any atom is -0.458 e. The molecule has 0 bridgehead atoms. The van der Waals surface area contributed by atoms with Gasteiger partial charge in [0.25, 0.3) is 5.91 Å². The lowest BCUT2D eigenvalue weighted by Gasteiger charge is -2.44. The van der Waals surface area contributed by atoms with Gasteiger partial charge in [0.2, 0.25) is 0 Å². The maximum atomic E-state index is 13.4. The Bertz CT molecular complexity index is 1260. The van der Waals surface area contributed by atoms with Crippen LogP contribution in [-0.2, 0) is 32.8 Å². The maximum absolute atomic E-state index is 13.4. The number of amides is 1. The minimum atomic E-state index is -2.21. The lowest BCUT2D eigenvalue weighted by Crippen LogP contribution is -2.48. The molecule has 0 saturated heterocycles. The molecule has 0 radical (unpaired) electrons. The number of ketones is 1. The molecule has 0 unspecified atom stereocenters. The number of hydrogen-bond acceptors (Lipinski definition) is 7. The number of fused-ring (bicyclic) bond motifs is 3. The van der Waals surface area contributed by atoms with Crippen molar-refractivity contribution in [2.45, 2.75) is 130 Å². The largest absolute Gasteiger partial charge is 0.458 e. The van der Waals surface area contributed by atoms with Crippen LogP contribution >= 0.6 is 0 Å². The average Bonchev–Trinajstić information content (AvgIpc) is 3.18. The van der Waals surface area contributed by atoms with Crippen LogP contribution in [-0.4, -0.2) is 71.8 Å². The van der Waals surface area contributed by atoms with Crippen LogP contribution < -0.4 is 0 Å². The van der Waals surface area contributed by atoms with Gasteiger partial charge in [-0.15, -0.1) is 0 Å².